The van der Waals surface area contributed by atoms with Gasteiger partial charge in [0.2, 0.25) is 0 Å². The molecule has 3 nitrogen and oxygen atoms in total. The summed E-state index contributed by atoms with van der Waals surface area (Å²) >= 11 is 6.07. The summed E-state index contributed by atoms with van der Waals surface area (Å²) in [7, 11) is 1.52. The van der Waals surface area contributed by atoms with E-state index in [4.69, 9.17) is 20.8 Å². The third kappa shape index (κ3) is 2.15. The largest absolute Gasteiger partial charge is 0.495 e. The van der Waals surface area contributed by atoms with Crippen molar-refractivity contribution in [2.75, 3.05) is 7.11 Å². The Labute approximate surface area is 121 Å². The molecule has 0 bridgehead atoms. The monoisotopic (exact) mass is 288 g/mol. The van der Waals surface area contributed by atoms with E-state index in [0.29, 0.717) is 22.1 Å². The number of furan rings is 1. The maximum absolute atomic E-state index is 10.5. The van der Waals surface area contributed by atoms with Crippen molar-refractivity contribution in [3.05, 3.63) is 64.9 Å². The number of rotatable bonds is 3. The fourth-order valence-electron chi connectivity index (χ4n) is 2.25. The number of benzene rings is 2. The zero-order valence-electron chi connectivity index (χ0n) is 10.8. The number of aliphatic hydroxyl groups excluding tert-OH is 1. The van der Waals surface area contributed by atoms with Gasteiger partial charge in [0.1, 0.15) is 23.2 Å². The van der Waals surface area contributed by atoms with Gasteiger partial charge in [0.25, 0.3) is 0 Å². The molecule has 0 aliphatic heterocycles. The van der Waals surface area contributed by atoms with Crippen molar-refractivity contribution in [2.45, 2.75) is 6.10 Å². The van der Waals surface area contributed by atoms with Crippen LogP contribution in [0.15, 0.2) is 52.9 Å². The molecule has 2 aromatic carbocycles. The third-order valence-corrected chi connectivity index (χ3v) is 3.51. The molecule has 1 heterocycles. The van der Waals surface area contributed by atoms with Crippen molar-refractivity contribution in [1.29, 1.82) is 0 Å². The molecule has 0 saturated carbocycles. The number of halogens is 1. The maximum Gasteiger partial charge on any atom is 0.143 e. The second kappa shape index (κ2) is 5.19. The predicted octanol–water partition coefficient (Wildman–Crippen LogP) is 4.18. The average Bonchev–Trinajstić information content (AvgIpc) is 2.90. The van der Waals surface area contributed by atoms with Crippen LogP contribution in [0.5, 0.6) is 5.75 Å². The van der Waals surface area contributed by atoms with Gasteiger partial charge >= 0.3 is 0 Å². The van der Waals surface area contributed by atoms with E-state index in [1.54, 1.807) is 18.2 Å². The molecule has 3 aromatic rings. The summed E-state index contributed by atoms with van der Waals surface area (Å²) in [6.07, 6.45) is -0.920. The van der Waals surface area contributed by atoms with Gasteiger partial charge < -0.3 is 14.3 Å². The lowest BCUT2D eigenvalue weighted by Gasteiger charge is -2.13. The molecule has 102 valence electrons. The Morgan fingerprint density at radius 1 is 1.15 bits per heavy atom. The molecule has 0 spiro atoms. The van der Waals surface area contributed by atoms with E-state index < -0.39 is 6.10 Å². The molecule has 0 saturated heterocycles. The first-order chi connectivity index (χ1) is 9.70. The average molecular weight is 289 g/mol. The van der Waals surface area contributed by atoms with Gasteiger partial charge in [0.05, 0.1) is 12.1 Å². The maximum atomic E-state index is 10.5. The van der Waals surface area contributed by atoms with Crippen LogP contribution in [-0.4, -0.2) is 12.2 Å². The predicted molar refractivity (Wildman–Crippen MR) is 78.3 cm³/mol. The van der Waals surface area contributed by atoms with E-state index in [0.717, 1.165) is 11.0 Å². The Morgan fingerprint density at radius 2 is 1.95 bits per heavy atom. The zero-order valence-corrected chi connectivity index (χ0v) is 11.6. The van der Waals surface area contributed by atoms with Crippen LogP contribution < -0.4 is 4.74 Å². The van der Waals surface area contributed by atoms with E-state index in [2.05, 4.69) is 0 Å². The second-order valence-electron chi connectivity index (χ2n) is 4.45. The number of hydrogen-bond donors (Lipinski definition) is 1. The third-order valence-electron chi connectivity index (χ3n) is 3.21. The highest BCUT2D eigenvalue weighted by Crippen LogP contribution is 2.36. The zero-order chi connectivity index (χ0) is 14.1. The second-order valence-corrected chi connectivity index (χ2v) is 4.86. The Bertz CT molecular complexity index is 715. The van der Waals surface area contributed by atoms with Gasteiger partial charge in [-0.2, -0.15) is 0 Å². The van der Waals surface area contributed by atoms with E-state index in [1.165, 1.54) is 7.11 Å². The quantitative estimate of drug-likeness (QED) is 0.786. The SMILES string of the molecule is COc1c(Cl)cccc1C(O)c1cc2ccccc2o1. The fourth-order valence-corrected chi connectivity index (χ4v) is 2.51. The molecule has 3 rings (SSSR count). The molecule has 1 unspecified atom stereocenters. The Hall–Kier alpha value is -1.97. The molecule has 0 aliphatic carbocycles. The number of para-hydroxylation sites is 2. The summed E-state index contributed by atoms with van der Waals surface area (Å²) in [5.41, 5.74) is 1.32. The van der Waals surface area contributed by atoms with Crippen LogP contribution in [0.1, 0.15) is 17.4 Å². The topological polar surface area (TPSA) is 42.6 Å². The molecule has 20 heavy (non-hydrogen) atoms. The summed E-state index contributed by atoms with van der Waals surface area (Å²) in [6.45, 7) is 0. The number of ether oxygens (including phenoxy) is 1. The van der Waals surface area contributed by atoms with E-state index in [-0.39, 0.29) is 0 Å². The number of fused-ring (bicyclic) bond motifs is 1. The Kier molecular flexibility index (Phi) is 3.38. The molecule has 0 fully saturated rings. The van der Waals surface area contributed by atoms with Crippen molar-refractivity contribution in [3.8, 4) is 5.75 Å². The van der Waals surface area contributed by atoms with Gasteiger partial charge in [-0.1, -0.05) is 41.9 Å². The lowest BCUT2D eigenvalue weighted by Crippen LogP contribution is -2.01. The van der Waals surface area contributed by atoms with Crippen LogP contribution in [-0.2, 0) is 0 Å². The van der Waals surface area contributed by atoms with Crippen molar-refractivity contribution in [2.24, 2.45) is 0 Å². The minimum atomic E-state index is -0.920. The standard InChI is InChI=1S/C16H13ClO3/c1-19-16-11(6-4-7-12(16)17)15(18)14-9-10-5-2-3-8-13(10)20-14/h2-9,15,18H,1H3. The Balaban J connectivity index is 2.08. The van der Waals surface area contributed by atoms with Gasteiger partial charge in [-0.05, 0) is 18.2 Å². The molecule has 0 radical (unpaired) electrons. The molecular formula is C16H13ClO3. The molecule has 0 aliphatic rings. The molecule has 4 heteroatoms. The lowest BCUT2D eigenvalue weighted by molar-refractivity contribution is 0.188. The first kappa shape index (κ1) is 13.0. The minimum absolute atomic E-state index is 0.458. The summed E-state index contributed by atoms with van der Waals surface area (Å²) in [4.78, 5) is 0. The number of aliphatic hydroxyl groups is 1. The minimum Gasteiger partial charge on any atom is -0.495 e. The number of hydrogen-bond acceptors (Lipinski definition) is 3. The summed E-state index contributed by atoms with van der Waals surface area (Å²) < 4.78 is 10.9. The molecule has 1 aromatic heterocycles. The molecular weight excluding hydrogens is 276 g/mol. The van der Waals surface area contributed by atoms with Crippen molar-refractivity contribution >= 4 is 22.6 Å². The lowest BCUT2D eigenvalue weighted by atomic mass is 10.1. The Morgan fingerprint density at radius 3 is 2.70 bits per heavy atom. The first-order valence-electron chi connectivity index (χ1n) is 6.19. The number of methoxy groups -OCH3 is 1. The van der Waals surface area contributed by atoms with Crippen LogP contribution in [0.4, 0.5) is 0 Å². The first-order valence-corrected chi connectivity index (χ1v) is 6.57. The molecule has 1 atom stereocenters. The van der Waals surface area contributed by atoms with Gasteiger partial charge in [0.15, 0.2) is 0 Å². The van der Waals surface area contributed by atoms with Crippen molar-refractivity contribution in [3.63, 3.8) is 0 Å². The highest BCUT2D eigenvalue weighted by Gasteiger charge is 2.20. The summed E-state index contributed by atoms with van der Waals surface area (Å²) in [6, 6.07) is 14.7. The summed E-state index contributed by atoms with van der Waals surface area (Å²) in [5, 5.41) is 11.9. The van der Waals surface area contributed by atoms with Gasteiger partial charge in [-0.3, -0.25) is 0 Å². The molecule has 0 amide bonds. The van der Waals surface area contributed by atoms with Crippen LogP contribution >= 0.6 is 11.6 Å². The highest BCUT2D eigenvalue weighted by molar-refractivity contribution is 6.32. The highest BCUT2D eigenvalue weighted by atomic mass is 35.5. The van der Waals surface area contributed by atoms with Crippen molar-refractivity contribution < 1.29 is 14.3 Å². The van der Waals surface area contributed by atoms with Crippen molar-refractivity contribution in [1.82, 2.24) is 0 Å². The fraction of sp³-hybridized carbons (Fsp3) is 0.125. The molecule has 1 N–H and O–H groups in total. The van der Waals surface area contributed by atoms with Crippen LogP contribution in [0.3, 0.4) is 0 Å². The van der Waals surface area contributed by atoms with Gasteiger partial charge in [0, 0.05) is 10.9 Å². The van der Waals surface area contributed by atoms with Gasteiger partial charge in [-0.15, -0.1) is 0 Å². The van der Waals surface area contributed by atoms with E-state index in [9.17, 15) is 5.11 Å². The van der Waals surface area contributed by atoms with E-state index >= 15 is 0 Å². The smallest absolute Gasteiger partial charge is 0.143 e. The van der Waals surface area contributed by atoms with Crippen LogP contribution in [0, 0.1) is 0 Å². The van der Waals surface area contributed by atoms with Gasteiger partial charge in [-0.25, -0.2) is 0 Å². The van der Waals surface area contributed by atoms with Crippen LogP contribution in [0.25, 0.3) is 11.0 Å². The summed E-state index contributed by atoms with van der Waals surface area (Å²) in [5.74, 6) is 0.925. The van der Waals surface area contributed by atoms with E-state index in [1.807, 2.05) is 30.3 Å². The van der Waals surface area contributed by atoms with Crippen LogP contribution in [0.2, 0.25) is 5.02 Å². The normalized spacial score (nSPS) is 12.6.